The number of hydrogen-bond acceptors (Lipinski definition) is 7. The number of imide groups is 1. The van der Waals surface area contributed by atoms with E-state index in [2.05, 4.69) is 22.7 Å². The Morgan fingerprint density at radius 2 is 2.11 bits per heavy atom. The first-order valence-electron chi connectivity index (χ1n) is 8.97. The van der Waals surface area contributed by atoms with Crippen LogP contribution in [0.2, 0.25) is 0 Å². The van der Waals surface area contributed by atoms with Crippen molar-refractivity contribution >= 4 is 29.7 Å². The summed E-state index contributed by atoms with van der Waals surface area (Å²) in [4.78, 5) is 24.4. The van der Waals surface area contributed by atoms with Gasteiger partial charge in [-0.1, -0.05) is 25.6 Å². The van der Waals surface area contributed by atoms with E-state index in [0.29, 0.717) is 31.1 Å². The molecule has 0 saturated heterocycles. The van der Waals surface area contributed by atoms with Crippen molar-refractivity contribution in [1.82, 2.24) is 16.2 Å². The van der Waals surface area contributed by atoms with Crippen LogP contribution in [0, 0.1) is 0 Å². The van der Waals surface area contributed by atoms with Crippen LogP contribution in [0.3, 0.4) is 0 Å². The number of nitrogens with one attached hydrogen (secondary N) is 3. The third kappa shape index (κ3) is 8.60. The van der Waals surface area contributed by atoms with Gasteiger partial charge in [0.15, 0.2) is 11.5 Å². The summed E-state index contributed by atoms with van der Waals surface area (Å²) < 4.78 is 10.8. The number of benzene rings is 1. The van der Waals surface area contributed by atoms with Crippen molar-refractivity contribution in [2.75, 3.05) is 32.3 Å². The molecule has 1 aromatic carbocycles. The topological polar surface area (TPSA) is 88.7 Å². The van der Waals surface area contributed by atoms with Crippen molar-refractivity contribution in [3.05, 3.63) is 42.5 Å². The summed E-state index contributed by atoms with van der Waals surface area (Å²) in [6.45, 7) is 6.57. The molecule has 3 N–H and O–H groups in total. The van der Waals surface area contributed by atoms with Crippen LogP contribution in [0.15, 0.2) is 36.9 Å². The van der Waals surface area contributed by atoms with Crippen molar-refractivity contribution in [2.24, 2.45) is 0 Å². The van der Waals surface area contributed by atoms with Crippen molar-refractivity contribution in [3.63, 3.8) is 0 Å². The Hall–Kier alpha value is -2.29. The number of amides is 2. The lowest BCUT2D eigenvalue weighted by Gasteiger charge is -2.17. The maximum atomic E-state index is 12.3. The van der Waals surface area contributed by atoms with E-state index in [1.807, 2.05) is 13.2 Å². The maximum Gasteiger partial charge on any atom is 0.250 e. The first-order chi connectivity index (χ1) is 13.5. The van der Waals surface area contributed by atoms with Gasteiger partial charge in [0.1, 0.15) is 12.6 Å². The summed E-state index contributed by atoms with van der Waals surface area (Å²) in [5.74, 6) is 1.09. The van der Waals surface area contributed by atoms with Crippen molar-refractivity contribution < 1.29 is 19.1 Å². The molecule has 1 aromatic rings. The number of hydrogen-bond donors (Lipinski definition) is 3. The third-order valence-corrected chi connectivity index (χ3v) is 4.24. The fourth-order valence-corrected chi connectivity index (χ4v) is 2.68. The Labute approximate surface area is 170 Å². The second-order valence-electron chi connectivity index (χ2n) is 5.71. The minimum Gasteiger partial charge on any atom is -0.493 e. The third-order valence-electron chi connectivity index (χ3n) is 3.60. The highest BCUT2D eigenvalue weighted by molar-refractivity contribution is 7.98. The molecule has 0 heterocycles. The monoisotopic (exact) mass is 407 g/mol. The Morgan fingerprint density at radius 1 is 1.32 bits per heavy atom. The van der Waals surface area contributed by atoms with Crippen LogP contribution in [0.5, 0.6) is 11.5 Å². The molecule has 1 rings (SSSR count). The molecule has 0 fully saturated rings. The largest absolute Gasteiger partial charge is 0.493 e. The zero-order valence-corrected chi connectivity index (χ0v) is 17.4. The molecular formula is C20H29N3O4S. The number of carbonyl (C=O) groups excluding carboxylic acids is 2. The summed E-state index contributed by atoms with van der Waals surface area (Å²) in [7, 11) is 1.54. The van der Waals surface area contributed by atoms with Crippen LogP contribution in [-0.2, 0) is 9.59 Å². The van der Waals surface area contributed by atoms with Crippen molar-refractivity contribution in [2.45, 2.75) is 19.4 Å². The number of thioether (sulfide) groups is 1. The number of hydrazine groups is 1. The standard InChI is InChI=1S/C20H29N3O4S/c1-5-12-27-17-9-7-15(14-18(17)26-3)8-10-19(24)22-20(25)16(11-13-28-4)23-21-6-2/h5,7-10,14,16,21,23H,1,6,11-13H2,2-4H3,(H,22,24,25)/b10-8+/t16-/m0/s1. The Bertz CT molecular complexity index is 671. The van der Waals surface area contributed by atoms with Crippen LogP contribution >= 0.6 is 11.8 Å². The molecule has 0 aliphatic carbocycles. The van der Waals surface area contributed by atoms with Gasteiger partial charge < -0.3 is 9.47 Å². The first kappa shape index (κ1) is 23.7. The average molecular weight is 408 g/mol. The number of rotatable bonds is 13. The van der Waals surface area contributed by atoms with Crippen LogP contribution in [0.1, 0.15) is 18.9 Å². The van der Waals surface area contributed by atoms with E-state index in [-0.39, 0.29) is 5.91 Å². The van der Waals surface area contributed by atoms with Crippen LogP contribution in [0.25, 0.3) is 6.08 Å². The van der Waals surface area contributed by atoms with Gasteiger partial charge in [0.25, 0.3) is 5.91 Å². The fourth-order valence-electron chi connectivity index (χ4n) is 2.21. The van der Waals surface area contributed by atoms with Crippen LogP contribution < -0.4 is 25.6 Å². The number of ether oxygens (including phenoxy) is 2. The number of methoxy groups -OCH3 is 1. The predicted octanol–water partition coefficient (Wildman–Crippen LogP) is 2.15. The van der Waals surface area contributed by atoms with Gasteiger partial charge in [-0.3, -0.25) is 20.3 Å². The van der Waals surface area contributed by atoms with Gasteiger partial charge in [0.05, 0.1) is 7.11 Å². The highest BCUT2D eigenvalue weighted by Gasteiger charge is 2.18. The second kappa shape index (κ2) is 13.8. The Morgan fingerprint density at radius 3 is 2.75 bits per heavy atom. The van der Waals surface area contributed by atoms with Gasteiger partial charge in [0.2, 0.25) is 5.91 Å². The quantitative estimate of drug-likeness (QED) is 0.262. The van der Waals surface area contributed by atoms with Gasteiger partial charge in [-0.25, -0.2) is 5.43 Å². The molecule has 0 spiro atoms. The lowest BCUT2D eigenvalue weighted by Crippen LogP contribution is -2.51. The van der Waals surface area contributed by atoms with Crippen LogP contribution in [0.4, 0.5) is 0 Å². The molecule has 0 saturated carbocycles. The Kier molecular flexibility index (Phi) is 11.7. The van der Waals surface area contributed by atoms with E-state index in [9.17, 15) is 9.59 Å². The molecule has 7 nitrogen and oxygen atoms in total. The van der Waals surface area contributed by atoms with Gasteiger partial charge in [-0.15, -0.1) is 0 Å². The van der Waals surface area contributed by atoms with Gasteiger partial charge in [-0.05, 0) is 42.2 Å². The summed E-state index contributed by atoms with van der Waals surface area (Å²) in [6.07, 6.45) is 7.15. The van der Waals surface area contributed by atoms with E-state index < -0.39 is 11.9 Å². The summed E-state index contributed by atoms with van der Waals surface area (Å²) in [6, 6.07) is 4.81. The maximum absolute atomic E-state index is 12.3. The lowest BCUT2D eigenvalue weighted by molar-refractivity contribution is -0.129. The van der Waals surface area contributed by atoms with E-state index in [0.717, 1.165) is 11.3 Å². The lowest BCUT2D eigenvalue weighted by atomic mass is 10.2. The highest BCUT2D eigenvalue weighted by atomic mass is 32.2. The molecule has 0 radical (unpaired) electrons. The molecule has 0 aromatic heterocycles. The smallest absolute Gasteiger partial charge is 0.250 e. The summed E-state index contributed by atoms with van der Waals surface area (Å²) in [5.41, 5.74) is 6.60. The average Bonchev–Trinajstić information content (AvgIpc) is 2.70. The molecule has 1 atom stereocenters. The molecule has 154 valence electrons. The molecular weight excluding hydrogens is 378 g/mol. The van der Waals surface area contributed by atoms with E-state index >= 15 is 0 Å². The summed E-state index contributed by atoms with van der Waals surface area (Å²) >= 11 is 1.64. The highest BCUT2D eigenvalue weighted by Crippen LogP contribution is 2.28. The Balaban J connectivity index is 2.70. The normalized spacial score (nSPS) is 11.8. The minimum absolute atomic E-state index is 0.365. The van der Waals surface area contributed by atoms with Crippen LogP contribution in [-0.4, -0.2) is 50.1 Å². The predicted molar refractivity (Wildman–Crippen MR) is 114 cm³/mol. The van der Waals surface area contributed by atoms with E-state index in [1.165, 1.54) is 6.08 Å². The fraction of sp³-hybridized carbons (Fsp3) is 0.400. The molecule has 2 amide bonds. The van der Waals surface area contributed by atoms with Gasteiger partial charge in [-0.2, -0.15) is 11.8 Å². The molecule has 0 unspecified atom stereocenters. The molecule has 0 aliphatic rings. The van der Waals surface area contributed by atoms with E-state index in [1.54, 1.807) is 49.2 Å². The van der Waals surface area contributed by atoms with Crippen molar-refractivity contribution in [3.8, 4) is 11.5 Å². The van der Waals surface area contributed by atoms with E-state index in [4.69, 9.17) is 9.47 Å². The molecule has 8 heteroatoms. The molecule has 0 bridgehead atoms. The van der Waals surface area contributed by atoms with Crippen molar-refractivity contribution in [1.29, 1.82) is 0 Å². The second-order valence-corrected chi connectivity index (χ2v) is 6.69. The zero-order valence-electron chi connectivity index (χ0n) is 16.6. The van der Waals surface area contributed by atoms with Gasteiger partial charge in [0, 0.05) is 12.6 Å². The zero-order chi connectivity index (χ0) is 20.8. The molecule has 28 heavy (non-hydrogen) atoms. The minimum atomic E-state index is -0.483. The summed E-state index contributed by atoms with van der Waals surface area (Å²) in [5, 5.41) is 2.39. The molecule has 0 aliphatic heterocycles. The van der Waals surface area contributed by atoms with Gasteiger partial charge >= 0.3 is 0 Å². The first-order valence-corrected chi connectivity index (χ1v) is 10.4. The number of carbonyl (C=O) groups is 2. The SMILES string of the molecule is C=CCOc1ccc(/C=C/C(=O)NC(=O)[C@H](CCSC)NNCC)cc1OC.